The number of H-pyrrole nitrogens is 1. The molecule has 2 aromatic carbocycles. The molecule has 1 aliphatic rings. The molecule has 1 N–H and O–H groups in total. The van der Waals surface area contributed by atoms with E-state index in [0.29, 0.717) is 11.6 Å². The monoisotopic (exact) mass is 399 g/mol. The van der Waals surface area contributed by atoms with Crippen molar-refractivity contribution >= 4 is 16.8 Å². The maximum absolute atomic E-state index is 13.1. The Labute approximate surface area is 175 Å². The molecule has 2 aromatic heterocycles. The summed E-state index contributed by atoms with van der Waals surface area (Å²) < 4.78 is 1.75. The first-order valence-electron chi connectivity index (χ1n) is 10.5. The zero-order valence-electron chi connectivity index (χ0n) is 17.3. The molecule has 0 bridgehead atoms. The van der Waals surface area contributed by atoms with E-state index in [1.54, 1.807) is 4.68 Å². The molecule has 1 aliphatic heterocycles. The van der Waals surface area contributed by atoms with E-state index in [1.807, 2.05) is 43.0 Å². The van der Waals surface area contributed by atoms with Crippen molar-refractivity contribution < 1.29 is 4.79 Å². The van der Waals surface area contributed by atoms with Crippen molar-refractivity contribution in [2.24, 2.45) is 0 Å². The molecule has 0 unspecified atom stereocenters. The Hall–Kier alpha value is -3.41. The molecule has 0 radical (unpaired) electrons. The minimum Gasteiger partial charge on any atom is -0.358 e. The average Bonchev–Trinajstić information content (AvgIpc) is 3.37. The van der Waals surface area contributed by atoms with Gasteiger partial charge in [0.15, 0.2) is 5.69 Å². The minimum atomic E-state index is -0.0264. The minimum absolute atomic E-state index is 0.0264. The lowest BCUT2D eigenvalue weighted by Crippen LogP contribution is -2.38. The first-order valence-corrected chi connectivity index (χ1v) is 10.5. The first-order chi connectivity index (χ1) is 14.6. The Kier molecular flexibility index (Phi) is 4.62. The van der Waals surface area contributed by atoms with Gasteiger partial charge in [-0.3, -0.25) is 4.79 Å². The van der Waals surface area contributed by atoms with Gasteiger partial charge in [0.1, 0.15) is 0 Å². The highest BCUT2D eigenvalue weighted by Crippen LogP contribution is 2.30. The molecule has 1 saturated heterocycles. The molecule has 6 nitrogen and oxygen atoms in total. The van der Waals surface area contributed by atoms with E-state index in [4.69, 9.17) is 0 Å². The zero-order chi connectivity index (χ0) is 20.7. The summed E-state index contributed by atoms with van der Waals surface area (Å²) in [4.78, 5) is 18.6. The third-order valence-electron chi connectivity index (χ3n) is 6.12. The molecular weight excluding hydrogens is 374 g/mol. The summed E-state index contributed by atoms with van der Waals surface area (Å²) in [7, 11) is 0. The number of benzene rings is 2. The number of nitrogens with zero attached hydrogens (tertiary/aromatic N) is 4. The number of aromatic amines is 1. The van der Waals surface area contributed by atoms with Gasteiger partial charge in [0.05, 0.1) is 11.4 Å². The fourth-order valence-corrected chi connectivity index (χ4v) is 4.39. The highest BCUT2D eigenvalue weighted by molar-refractivity contribution is 5.93. The van der Waals surface area contributed by atoms with Gasteiger partial charge in [0.2, 0.25) is 0 Å². The van der Waals surface area contributed by atoms with Gasteiger partial charge in [-0.2, -0.15) is 0 Å². The second-order valence-corrected chi connectivity index (χ2v) is 8.15. The Morgan fingerprint density at radius 1 is 1.03 bits per heavy atom. The lowest BCUT2D eigenvalue weighted by atomic mass is 9.93. The van der Waals surface area contributed by atoms with Gasteiger partial charge >= 0.3 is 0 Å². The Morgan fingerprint density at radius 3 is 2.60 bits per heavy atom. The van der Waals surface area contributed by atoms with Crippen LogP contribution in [-0.2, 0) is 0 Å². The van der Waals surface area contributed by atoms with E-state index >= 15 is 0 Å². The molecule has 0 aliphatic carbocycles. The predicted molar refractivity (Wildman–Crippen MR) is 117 cm³/mol. The number of para-hydroxylation sites is 1. The molecule has 30 heavy (non-hydrogen) atoms. The summed E-state index contributed by atoms with van der Waals surface area (Å²) in [6.45, 7) is 5.41. The fourth-order valence-electron chi connectivity index (χ4n) is 4.39. The number of carbonyl (C=O) groups excluding carboxylic acids is 1. The third-order valence-corrected chi connectivity index (χ3v) is 6.12. The molecular formula is C24H25N5O. The summed E-state index contributed by atoms with van der Waals surface area (Å²) in [6.07, 6.45) is 1.90. The van der Waals surface area contributed by atoms with E-state index in [0.717, 1.165) is 42.9 Å². The fraction of sp³-hybridized carbons (Fsp3) is 0.292. The van der Waals surface area contributed by atoms with Crippen LogP contribution in [0.5, 0.6) is 0 Å². The summed E-state index contributed by atoms with van der Waals surface area (Å²) in [5, 5.41) is 9.71. The first kappa shape index (κ1) is 18.6. The van der Waals surface area contributed by atoms with Crippen LogP contribution in [0.2, 0.25) is 0 Å². The quantitative estimate of drug-likeness (QED) is 0.556. The average molecular weight is 399 g/mol. The maximum atomic E-state index is 13.1. The zero-order valence-corrected chi connectivity index (χ0v) is 17.3. The van der Waals surface area contributed by atoms with Crippen molar-refractivity contribution in [3.63, 3.8) is 0 Å². The molecule has 3 heterocycles. The standard InChI is InChI=1S/C24H25N5O/c1-16-6-5-8-20(14-16)29-17(2)23(26-27-29)24(30)28-12-10-18(11-13-28)22-15-19-7-3-4-9-21(19)25-22/h3-9,14-15,18,25H,10-13H2,1-2H3. The lowest BCUT2D eigenvalue weighted by molar-refractivity contribution is 0.0705. The number of hydrogen-bond acceptors (Lipinski definition) is 3. The summed E-state index contributed by atoms with van der Waals surface area (Å²) >= 11 is 0. The molecule has 1 amide bonds. The van der Waals surface area contributed by atoms with Crippen molar-refractivity contribution in [2.75, 3.05) is 13.1 Å². The second-order valence-electron chi connectivity index (χ2n) is 8.15. The van der Waals surface area contributed by atoms with Crippen molar-refractivity contribution in [3.05, 3.63) is 77.2 Å². The molecule has 0 atom stereocenters. The van der Waals surface area contributed by atoms with Gasteiger partial charge < -0.3 is 9.88 Å². The van der Waals surface area contributed by atoms with Crippen LogP contribution in [0, 0.1) is 13.8 Å². The molecule has 4 aromatic rings. The molecule has 6 heteroatoms. The lowest BCUT2D eigenvalue weighted by Gasteiger charge is -2.31. The SMILES string of the molecule is Cc1cccc(-n2nnc(C(=O)N3CCC(c4cc5ccccc5[nH]4)CC3)c2C)c1. The predicted octanol–water partition coefficient (Wildman–Crippen LogP) is 4.39. The van der Waals surface area contributed by atoms with E-state index in [1.165, 1.54) is 16.6 Å². The van der Waals surface area contributed by atoms with Gasteiger partial charge in [-0.1, -0.05) is 35.5 Å². The van der Waals surface area contributed by atoms with Crippen LogP contribution < -0.4 is 0 Å². The number of carbonyl (C=O) groups is 1. The van der Waals surface area contributed by atoms with Gasteiger partial charge in [-0.15, -0.1) is 5.10 Å². The Bertz CT molecular complexity index is 1180. The number of fused-ring (bicyclic) bond motifs is 1. The van der Waals surface area contributed by atoms with Crippen LogP contribution in [-0.4, -0.2) is 43.9 Å². The Balaban J connectivity index is 1.30. The number of piperidine rings is 1. The van der Waals surface area contributed by atoms with Gasteiger partial charge in [-0.05, 0) is 61.9 Å². The number of hydrogen-bond donors (Lipinski definition) is 1. The van der Waals surface area contributed by atoms with Gasteiger partial charge in [0.25, 0.3) is 5.91 Å². The molecule has 152 valence electrons. The van der Waals surface area contributed by atoms with E-state index in [2.05, 4.69) is 45.6 Å². The number of aromatic nitrogens is 4. The Morgan fingerprint density at radius 2 is 1.83 bits per heavy atom. The molecule has 0 saturated carbocycles. The highest BCUT2D eigenvalue weighted by atomic mass is 16.2. The van der Waals surface area contributed by atoms with Crippen LogP contribution in [0.1, 0.15) is 46.2 Å². The van der Waals surface area contributed by atoms with Crippen LogP contribution in [0.15, 0.2) is 54.6 Å². The van der Waals surface area contributed by atoms with Crippen LogP contribution in [0.25, 0.3) is 16.6 Å². The maximum Gasteiger partial charge on any atom is 0.276 e. The largest absolute Gasteiger partial charge is 0.358 e. The number of aryl methyl sites for hydroxylation is 1. The normalized spacial score (nSPS) is 15.1. The van der Waals surface area contributed by atoms with Crippen LogP contribution in [0.3, 0.4) is 0 Å². The number of amides is 1. The van der Waals surface area contributed by atoms with Crippen molar-refractivity contribution in [3.8, 4) is 5.69 Å². The topological polar surface area (TPSA) is 66.8 Å². The van der Waals surface area contributed by atoms with Crippen molar-refractivity contribution in [1.29, 1.82) is 0 Å². The summed E-state index contributed by atoms with van der Waals surface area (Å²) in [5.74, 6) is 0.423. The van der Waals surface area contributed by atoms with Crippen LogP contribution in [0.4, 0.5) is 0 Å². The van der Waals surface area contributed by atoms with E-state index < -0.39 is 0 Å². The summed E-state index contributed by atoms with van der Waals surface area (Å²) in [6, 6.07) is 18.7. The third kappa shape index (κ3) is 3.28. The molecule has 1 fully saturated rings. The van der Waals surface area contributed by atoms with Crippen molar-refractivity contribution in [2.45, 2.75) is 32.6 Å². The number of nitrogens with one attached hydrogen (secondary N) is 1. The van der Waals surface area contributed by atoms with E-state index in [-0.39, 0.29) is 5.91 Å². The highest BCUT2D eigenvalue weighted by Gasteiger charge is 2.28. The second kappa shape index (κ2) is 7.44. The van der Waals surface area contributed by atoms with Crippen LogP contribution >= 0.6 is 0 Å². The number of likely N-dealkylation sites (tertiary alicyclic amines) is 1. The smallest absolute Gasteiger partial charge is 0.276 e. The molecule has 0 spiro atoms. The van der Waals surface area contributed by atoms with Gasteiger partial charge in [-0.25, -0.2) is 4.68 Å². The number of rotatable bonds is 3. The molecule has 5 rings (SSSR count). The van der Waals surface area contributed by atoms with E-state index in [9.17, 15) is 4.79 Å². The summed E-state index contributed by atoms with van der Waals surface area (Å²) in [5.41, 5.74) is 5.74. The van der Waals surface area contributed by atoms with Crippen molar-refractivity contribution in [1.82, 2.24) is 24.9 Å². The van der Waals surface area contributed by atoms with Gasteiger partial charge in [0, 0.05) is 30.2 Å².